The molecule has 1 aromatic carbocycles. The predicted octanol–water partition coefficient (Wildman–Crippen LogP) is 2.77. The van der Waals surface area contributed by atoms with Crippen LogP contribution in [-0.2, 0) is 11.4 Å². The van der Waals surface area contributed by atoms with E-state index >= 15 is 0 Å². The highest BCUT2D eigenvalue weighted by Gasteiger charge is 2.31. The summed E-state index contributed by atoms with van der Waals surface area (Å²) in [6, 6.07) is 10.9. The van der Waals surface area contributed by atoms with Crippen molar-refractivity contribution in [3.63, 3.8) is 0 Å². The number of hydrogen-bond acceptors (Lipinski definition) is 4. The fraction of sp³-hybridized carbons (Fsp3) is 0.286. The van der Waals surface area contributed by atoms with Crippen LogP contribution < -0.4 is 4.74 Å². The monoisotopic (exact) mass is 379 g/mol. The van der Waals surface area contributed by atoms with Crippen LogP contribution in [0.3, 0.4) is 0 Å². The Hall–Kier alpha value is -3.35. The van der Waals surface area contributed by atoms with E-state index in [-0.39, 0.29) is 12.5 Å². The molecule has 28 heavy (non-hydrogen) atoms. The fourth-order valence-corrected chi connectivity index (χ4v) is 3.43. The first-order valence-corrected chi connectivity index (χ1v) is 9.19. The van der Waals surface area contributed by atoms with Crippen LogP contribution in [0.1, 0.15) is 28.0 Å². The Balaban J connectivity index is 1.43. The van der Waals surface area contributed by atoms with Crippen LogP contribution in [0.5, 0.6) is 5.75 Å². The maximum atomic E-state index is 12.7. The number of carbonyl (C=O) groups is 2. The minimum atomic E-state index is -0.852. The van der Waals surface area contributed by atoms with Gasteiger partial charge in [-0.3, -0.25) is 9.59 Å². The Morgan fingerprint density at radius 3 is 2.89 bits per heavy atom. The molecule has 3 heterocycles. The Morgan fingerprint density at radius 2 is 2.11 bits per heavy atom. The van der Waals surface area contributed by atoms with E-state index in [0.29, 0.717) is 30.9 Å². The van der Waals surface area contributed by atoms with E-state index in [0.717, 1.165) is 16.9 Å². The number of pyridine rings is 1. The first kappa shape index (κ1) is 18.0. The molecule has 1 fully saturated rings. The van der Waals surface area contributed by atoms with Crippen molar-refractivity contribution in [3.8, 4) is 5.75 Å². The molecule has 0 bridgehead atoms. The van der Waals surface area contributed by atoms with Gasteiger partial charge in [-0.2, -0.15) is 0 Å². The zero-order chi connectivity index (χ0) is 19.7. The Morgan fingerprint density at radius 1 is 1.25 bits per heavy atom. The zero-order valence-corrected chi connectivity index (χ0v) is 15.5. The number of imidazole rings is 1. The number of hydrogen-bond donors (Lipinski definition) is 1. The number of ether oxygens (including phenoxy) is 1. The summed E-state index contributed by atoms with van der Waals surface area (Å²) in [6.45, 7) is 3.03. The fourth-order valence-electron chi connectivity index (χ4n) is 3.43. The molecule has 3 aromatic rings. The van der Waals surface area contributed by atoms with Gasteiger partial charge < -0.3 is 19.1 Å². The highest BCUT2D eigenvalue weighted by Crippen LogP contribution is 2.21. The minimum absolute atomic E-state index is 0.169. The number of rotatable bonds is 5. The Bertz CT molecular complexity index is 1040. The number of benzene rings is 1. The van der Waals surface area contributed by atoms with Crippen molar-refractivity contribution in [2.45, 2.75) is 20.0 Å². The third-order valence-electron chi connectivity index (χ3n) is 4.94. The van der Waals surface area contributed by atoms with Gasteiger partial charge in [0.15, 0.2) is 0 Å². The molecule has 0 unspecified atom stereocenters. The van der Waals surface area contributed by atoms with E-state index in [4.69, 9.17) is 9.84 Å². The van der Waals surface area contributed by atoms with Crippen molar-refractivity contribution in [1.29, 1.82) is 0 Å². The second kappa shape index (κ2) is 7.34. The van der Waals surface area contributed by atoms with Gasteiger partial charge in [-0.15, -0.1) is 0 Å². The normalized spacial score (nSPS) is 16.5. The van der Waals surface area contributed by atoms with E-state index in [1.54, 1.807) is 29.2 Å². The third kappa shape index (κ3) is 3.69. The van der Waals surface area contributed by atoms with Crippen LogP contribution in [0.25, 0.3) is 5.65 Å². The van der Waals surface area contributed by atoms with Crippen LogP contribution in [0.2, 0.25) is 0 Å². The molecule has 1 N–H and O–H groups in total. The third-order valence-corrected chi connectivity index (χ3v) is 4.94. The van der Waals surface area contributed by atoms with Gasteiger partial charge in [0.2, 0.25) is 0 Å². The molecular weight excluding hydrogens is 358 g/mol. The van der Waals surface area contributed by atoms with Crippen LogP contribution in [0, 0.1) is 12.8 Å². The van der Waals surface area contributed by atoms with Crippen molar-refractivity contribution in [2.75, 3.05) is 13.1 Å². The molecule has 1 amide bonds. The number of carboxylic acids is 1. The second-order valence-electron chi connectivity index (χ2n) is 7.10. The van der Waals surface area contributed by atoms with E-state index in [1.807, 2.05) is 35.9 Å². The van der Waals surface area contributed by atoms with E-state index < -0.39 is 11.9 Å². The minimum Gasteiger partial charge on any atom is -0.487 e. The largest absolute Gasteiger partial charge is 0.487 e. The van der Waals surface area contributed by atoms with Crippen LogP contribution >= 0.6 is 0 Å². The maximum absolute atomic E-state index is 12.7. The molecule has 7 nitrogen and oxygen atoms in total. The topological polar surface area (TPSA) is 84.1 Å². The summed E-state index contributed by atoms with van der Waals surface area (Å²) < 4.78 is 7.78. The lowest BCUT2D eigenvalue weighted by Crippen LogP contribution is -2.29. The molecule has 0 aliphatic carbocycles. The number of fused-ring (bicyclic) bond motifs is 1. The lowest BCUT2D eigenvalue weighted by molar-refractivity contribution is -0.141. The van der Waals surface area contributed by atoms with Gasteiger partial charge >= 0.3 is 5.97 Å². The van der Waals surface area contributed by atoms with Gasteiger partial charge in [0, 0.05) is 31.0 Å². The van der Waals surface area contributed by atoms with Crippen LogP contribution in [0.15, 0.2) is 48.8 Å². The van der Waals surface area contributed by atoms with Crippen molar-refractivity contribution >= 4 is 17.5 Å². The number of carbonyl (C=O) groups excluding carboxylic acids is 1. The molecule has 144 valence electrons. The summed E-state index contributed by atoms with van der Waals surface area (Å²) >= 11 is 0. The SMILES string of the molecule is Cc1ccc2nc(COc3cccc(C(=O)N4CC[C@@H](C(=O)O)C4)c3)cn2c1. The van der Waals surface area contributed by atoms with Gasteiger partial charge in [0.25, 0.3) is 5.91 Å². The molecule has 0 spiro atoms. The smallest absolute Gasteiger partial charge is 0.308 e. The van der Waals surface area contributed by atoms with Crippen molar-refractivity contribution in [2.24, 2.45) is 5.92 Å². The van der Waals surface area contributed by atoms with Crippen molar-refractivity contribution in [3.05, 3.63) is 65.6 Å². The zero-order valence-electron chi connectivity index (χ0n) is 15.5. The van der Waals surface area contributed by atoms with Crippen LogP contribution in [-0.4, -0.2) is 44.4 Å². The second-order valence-corrected chi connectivity index (χ2v) is 7.10. The van der Waals surface area contributed by atoms with Gasteiger partial charge in [-0.1, -0.05) is 12.1 Å². The average Bonchev–Trinajstić information content (AvgIpc) is 3.33. The molecule has 7 heteroatoms. The molecule has 0 radical (unpaired) electrons. The molecular formula is C21H21N3O4. The van der Waals surface area contributed by atoms with Crippen molar-refractivity contribution < 1.29 is 19.4 Å². The number of likely N-dealkylation sites (tertiary alicyclic amines) is 1. The first-order valence-electron chi connectivity index (χ1n) is 9.19. The van der Waals surface area contributed by atoms with Gasteiger partial charge in [-0.25, -0.2) is 4.98 Å². The van der Waals surface area contributed by atoms with E-state index in [9.17, 15) is 9.59 Å². The predicted molar refractivity (Wildman–Crippen MR) is 102 cm³/mol. The molecule has 1 atom stereocenters. The number of aryl methyl sites for hydroxylation is 1. The Labute approximate surface area is 162 Å². The molecule has 1 aliphatic rings. The number of aromatic nitrogens is 2. The highest BCUT2D eigenvalue weighted by atomic mass is 16.5. The quantitative estimate of drug-likeness (QED) is 0.737. The highest BCUT2D eigenvalue weighted by molar-refractivity contribution is 5.95. The van der Waals surface area contributed by atoms with E-state index in [2.05, 4.69) is 4.98 Å². The van der Waals surface area contributed by atoms with Crippen LogP contribution in [0.4, 0.5) is 0 Å². The Kier molecular flexibility index (Phi) is 4.73. The molecule has 4 rings (SSSR count). The summed E-state index contributed by atoms with van der Waals surface area (Å²) in [7, 11) is 0. The molecule has 0 saturated carbocycles. The number of amides is 1. The van der Waals surface area contributed by atoms with Gasteiger partial charge in [-0.05, 0) is 43.2 Å². The molecule has 1 aliphatic heterocycles. The lowest BCUT2D eigenvalue weighted by Gasteiger charge is -2.16. The first-order chi connectivity index (χ1) is 13.5. The summed E-state index contributed by atoms with van der Waals surface area (Å²) in [5.74, 6) is -0.928. The van der Waals surface area contributed by atoms with Crippen molar-refractivity contribution in [1.82, 2.24) is 14.3 Å². The summed E-state index contributed by atoms with van der Waals surface area (Å²) in [5.41, 5.74) is 3.30. The van der Waals surface area contributed by atoms with Gasteiger partial charge in [0.05, 0.1) is 11.6 Å². The average molecular weight is 379 g/mol. The lowest BCUT2D eigenvalue weighted by atomic mass is 10.1. The standard InChI is InChI=1S/C21H21N3O4/c1-14-5-6-19-22-17(12-24(19)10-14)13-28-18-4-2-3-15(9-18)20(25)23-8-7-16(11-23)21(26)27/h2-6,9-10,12,16H,7-8,11,13H2,1H3,(H,26,27)/t16-/m1/s1. The maximum Gasteiger partial charge on any atom is 0.308 e. The summed E-state index contributed by atoms with van der Waals surface area (Å²) in [4.78, 5) is 29.9. The summed E-state index contributed by atoms with van der Waals surface area (Å²) in [6.07, 6.45) is 4.42. The summed E-state index contributed by atoms with van der Waals surface area (Å²) in [5, 5.41) is 9.11. The number of carboxylic acid groups (broad SMARTS) is 1. The molecule has 1 saturated heterocycles. The molecule has 2 aromatic heterocycles. The number of nitrogens with zero attached hydrogens (tertiary/aromatic N) is 3. The van der Waals surface area contributed by atoms with E-state index in [1.165, 1.54) is 0 Å². The number of aliphatic carboxylic acids is 1. The van der Waals surface area contributed by atoms with Gasteiger partial charge in [0.1, 0.15) is 18.0 Å².